The van der Waals surface area contributed by atoms with E-state index in [9.17, 15) is 9.59 Å². The minimum atomic E-state index is -0.0302. The summed E-state index contributed by atoms with van der Waals surface area (Å²) >= 11 is 12.1. The molecule has 0 saturated carbocycles. The van der Waals surface area contributed by atoms with Gasteiger partial charge < -0.3 is 0 Å². The van der Waals surface area contributed by atoms with Gasteiger partial charge in [-0.3, -0.25) is 19.4 Å². The van der Waals surface area contributed by atoms with Crippen LogP contribution in [0.15, 0.2) is 109 Å². The maximum absolute atomic E-state index is 13.3. The van der Waals surface area contributed by atoms with Crippen LogP contribution in [0.5, 0.6) is 0 Å². The molecule has 4 nitrogen and oxygen atoms in total. The van der Waals surface area contributed by atoms with E-state index in [0.29, 0.717) is 34.0 Å². The van der Waals surface area contributed by atoms with Crippen LogP contribution in [0.2, 0.25) is 10.0 Å². The molecule has 1 saturated heterocycles. The van der Waals surface area contributed by atoms with Gasteiger partial charge in [0.25, 0.3) is 0 Å². The molecule has 0 spiro atoms. The van der Waals surface area contributed by atoms with Crippen LogP contribution in [0.3, 0.4) is 0 Å². The van der Waals surface area contributed by atoms with E-state index < -0.39 is 0 Å². The fourth-order valence-corrected chi connectivity index (χ4v) is 5.74. The lowest BCUT2D eigenvalue weighted by Gasteiger charge is -2.42. The highest BCUT2D eigenvalue weighted by Gasteiger charge is 2.31. The van der Waals surface area contributed by atoms with Crippen LogP contribution in [0.1, 0.15) is 56.8 Å². The van der Waals surface area contributed by atoms with Crippen molar-refractivity contribution in [1.29, 1.82) is 0 Å². The number of halogens is 2. The molecule has 0 amide bonds. The number of Topliss-reactive ketones (excluding diaryl/α,β-unsaturated/α-hetero) is 2. The number of rotatable bonds is 10. The largest absolute Gasteiger partial charge is 0.294 e. The van der Waals surface area contributed by atoms with Gasteiger partial charge in [0.1, 0.15) is 0 Å². The van der Waals surface area contributed by atoms with Gasteiger partial charge in [-0.1, -0.05) is 83.9 Å². The molecule has 204 valence electrons. The van der Waals surface area contributed by atoms with Gasteiger partial charge in [0, 0.05) is 72.3 Å². The molecule has 0 aromatic heterocycles. The van der Waals surface area contributed by atoms with E-state index in [-0.39, 0.29) is 23.7 Å². The van der Waals surface area contributed by atoms with Crippen molar-refractivity contribution in [2.24, 2.45) is 0 Å². The number of nitrogens with zero attached hydrogens (tertiary/aromatic N) is 2. The molecule has 5 rings (SSSR count). The summed E-state index contributed by atoms with van der Waals surface area (Å²) in [7, 11) is 0. The van der Waals surface area contributed by atoms with Gasteiger partial charge in [0.2, 0.25) is 0 Å². The first-order valence-electron chi connectivity index (χ1n) is 13.6. The monoisotopic (exact) mass is 570 g/mol. The van der Waals surface area contributed by atoms with E-state index in [1.165, 1.54) is 0 Å². The minimum Gasteiger partial charge on any atom is -0.294 e. The van der Waals surface area contributed by atoms with Crippen LogP contribution in [0, 0.1) is 0 Å². The van der Waals surface area contributed by atoms with Crippen molar-refractivity contribution in [2.75, 3.05) is 26.2 Å². The van der Waals surface area contributed by atoms with Gasteiger partial charge in [-0.2, -0.15) is 0 Å². The van der Waals surface area contributed by atoms with Crippen molar-refractivity contribution in [3.8, 4) is 0 Å². The first-order chi connectivity index (χ1) is 19.5. The predicted octanol–water partition coefficient (Wildman–Crippen LogP) is 7.94. The first-order valence-corrected chi connectivity index (χ1v) is 14.4. The molecular weight excluding hydrogens is 539 g/mol. The number of hydrogen-bond acceptors (Lipinski definition) is 4. The molecule has 0 radical (unpaired) electrons. The zero-order valence-corrected chi connectivity index (χ0v) is 23.8. The van der Waals surface area contributed by atoms with Gasteiger partial charge in [0.05, 0.1) is 0 Å². The van der Waals surface area contributed by atoms with Gasteiger partial charge in [-0.25, -0.2) is 0 Å². The lowest BCUT2D eigenvalue weighted by molar-refractivity contribution is 0.0557. The molecular formula is C34H32Cl2N2O2. The van der Waals surface area contributed by atoms with E-state index in [1.807, 2.05) is 36.4 Å². The highest BCUT2D eigenvalue weighted by Crippen LogP contribution is 2.32. The van der Waals surface area contributed by atoms with Gasteiger partial charge in [-0.15, -0.1) is 0 Å². The molecule has 4 aromatic rings. The number of carbonyl (C=O) groups is 2. The Morgan fingerprint density at radius 3 is 1.18 bits per heavy atom. The Balaban J connectivity index is 1.32. The molecule has 4 aromatic carbocycles. The average molecular weight is 572 g/mol. The second kappa shape index (κ2) is 13.4. The standard InChI is InChI=1S/C34H32Cl2N2O2/c35-29-15-11-27(12-16-29)33(39)23-31(25-7-3-1-4-8-25)37-19-21-38(22-20-37)32(26-9-5-2-6-10-26)24-34(40)28-13-17-30(36)18-14-28/h1-18,31-32H,19-24H2/t31-,32-/m1/s1. The van der Waals surface area contributed by atoms with E-state index in [2.05, 4.69) is 34.1 Å². The molecule has 0 aliphatic carbocycles. The van der Waals surface area contributed by atoms with Crippen molar-refractivity contribution in [3.63, 3.8) is 0 Å². The summed E-state index contributed by atoms with van der Waals surface area (Å²) in [5, 5.41) is 1.24. The number of ketones is 2. The molecule has 40 heavy (non-hydrogen) atoms. The van der Waals surface area contributed by atoms with Crippen LogP contribution in [-0.4, -0.2) is 47.5 Å². The third-order valence-corrected chi connectivity index (χ3v) is 8.19. The summed E-state index contributed by atoms with van der Waals surface area (Å²) in [4.78, 5) is 31.4. The fraction of sp³-hybridized carbons (Fsp3) is 0.235. The zero-order valence-electron chi connectivity index (χ0n) is 22.3. The van der Waals surface area contributed by atoms with Crippen molar-refractivity contribution >= 4 is 34.8 Å². The number of hydrogen-bond donors (Lipinski definition) is 0. The zero-order chi connectivity index (χ0) is 27.9. The Bertz CT molecular complexity index is 1290. The smallest absolute Gasteiger partial charge is 0.164 e. The number of benzene rings is 4. The minimum absolute atomic E-state index is 0.0302. The van der Waals surface area contributed by atoms with Crippen LogP contribution in [-0.2, 0) is 0 Å². The van der Waals surface area contributed by atoms with Crippen molar-refractivity contribution in [2.45, 2.75) is 24.9 Å². The number of piperazine rings is 1. The highest BCUT2D eigenvalue weighted by molar-refractivity contribution is 6.31. The maximum Gasteiger partial charge on any atom is 0.164 e. The summed E-state index contributed by atoms with van der Waals surface area (Å²) in [6, 6.07) is 34.7. The molecule has 1 aliphatic heterocycles. The van der Waals surface area contributed by atoms with Gasteiger partial charge >= 0.3 is 0 Å². The Hall–Kier alpha value is -3.28. The fourth-order valence-electron chi connectivity index (χ4n) is 5.49. The quantitative estimate of drug-likeness (QED) is 0.181. The molecule has 1 fully saturated rings. The van der Waals surface area contributed by atoms with Crippen LogP contribution in [0.25, 0.3) is 0 Å². The van der Waals surface area contributed by atoms with Crippen molar-refractivity contribution in [1.82, 2.24) is 9.80 Å². The predicted molar refractivity (Wildman–Crippen MR) is 162 cm³/mol. The lowest BCUT2D eigenvalue weighted by Crippen LogP contribution is -2.49. The van der Waals surface area contributed by atoms with Gasteiger partial charge in [0.15, 0.2) is 11.6 Å². The Kier molecular flexibility index (Phi) is 9.45. The molecule has 1 aliphatic rings. The molecule has 0 N–H and O–H groups in total. The second-order valence-corrected chi connectivity index (χ2v) is 11.1. The normalized spacial score (nSPS) is 15.8. The summed E-state index contributed by atoms with van der Waals surface area (Å²) in [5.41, 5.74) is 3.62. The highest BCUT2D eigenvalue weighted by atomic mass is 35.5. The number of carbonyl (C=O) groups excluding carboxylic acids is 2. The van der Waals surface area contributed by atoms with Crippen LogP contribution in [0.4, 0.5) is 0 Å². The maximum atomic E-state index is 13.3. The topological polar surface area (TPSA) is 40.6 Å². The lowest BCUT2D eigenvalue weighted by atomic mass is 9.94. The second-order valence-electron chi connectivity index (χ2n) is 10.2. The van der Waals surface area contributed by atoms with Gasteiger partial charge in [-0.05, 0) is 59.7 Å². The SMILES string of the molecule is O=C(C[C@H](c1ccccc1)N1CCN([C@H](CC(=O)c2ccc(Cl)cc2)c2ccccc2)CC1)c1ccc(Cl)cc1. The summed E-state index contributed by atoms with van der Waals surface area (Å²) in [6.45, 7) is 3.19. The molecule has 2 atom stereocenters. The summed E-state index contributed by atoms with van der Waals surface area (Å²) in [5.74, 6) is 0.201. The molecule has 0 bridgehead atoms. The van der Waals surface area contributed by atoms with E-state index >= 15 is 0 Å². The summed E-state index contributed by atoms with van der Waals surface area (Å²) in [6.07, 6.45) is 0.783. The van der Waals surface area contributed by atoms with Crippen LogP contribution >= 0.6 is 23.2 Å². The summed E-state index contributed by atoms with van der Waals surface area (Å²) < 4.78 is 0. The molecule has 1 heterocycles. The molecule has 6 heteroatoms. The van der Waals surface area contributed by atoms with Crippen molar-refractivity contribution in [3.05, 3.63) is 141 Å². The Morgan fingerprint density at radius 2 is 0.850 bits per heavy atom. The third-order valence-electron chi connectivity index (χ3n) is 7.69. The Morgan fingerprint density at radius 1 is 0.525 bits per heavy atom. The van der Waals surface area contributed by atoms with Crippen molar-refractivity contribution < 1.29 is 9.59 Å². The molecule has 0 unspecified atom stereocenters. The van der Waals surface area contributed by atoms with E-state index in [0.717, 1.165) is 37.3 Å². The van der Waals surface area contributed by atoms with E-state index in [1.54, 1.807) is 48.5 Å². The third kappa shape index (κ3) is 7.07. The van der Waals surface area contributed by atoms with Crippen LogP contribution < -0.4 is 0 Å². The Labute approximate surface area is 246 Å². The first kappa shape index (κ1) is 28.3. The van der Waals surface area contributed by atoms with E-state index in [4.69, 9.17) is 23.2 Å². The average Bonchev–Trinajstić information content (AvgIpc) is 3.00.